The molecule has 0 aliphatic carbocycles. The summed E-state index contributed by atoms with van der Waals surface area (Å²) < 4.78 is 39.3. The topological polar surface area (TPSA) is 56.8 Å². The van der Waals surface area contributed by atoms with Crippen LogP contribution in [0.5, 0.6) is 11.5 Å². The fraction of sp³-hybridized carbons (Fsp3) is 0.462. The minimum Gasteiger partial charge on any atom is -0.464 e. The molecule has 0 bridgehead atoms. The van der Waals surface area contributed by atoms with Gasteiger partial charge in [-0.15, -0.1) is 8.78 Å². The van der Waals surface area contributed by atoms with Gasteiger partial charge in [0.25, 0.3) is 0 Å². The zero-order chi connectivity index (χ0) is 14.8. The van der Waals surface area contributed by atoms with Gasteiger partial charge in [-0.1, -0.05) is 6.92 Å². The third kappa shape index (κ3) is 3.09. The quantitative estimate of drug-likeness (QED) is 0.844. The number of hydrogen-bond donors (Lipinski definition) is 1. The predicted molar refractivity (Wildman–Crippen MR) is 67.0 cm³/mol. The summed E-state index contributed by atoms with van der Waals surface area (Å²) in [7, 11) is 0. The Morgan fingerprint density at radius 1 is 1.35 bits per heavy atom. The monoisotopic (exact) mass is 287 g/mol. The number of ether oxygens (including phenoxy) is 3. The van der Waals surface area contributed by atoms with Crippen LogP contribution in [-0.2, 0) is 9.53 Å². The first-order chi connectivity index (χ1) is 9.45. The number of nitrogens with one attached hydrogen (secondary N) is 1. The lowest BCUT2D eigenvalue weighted by Crippen LogP contribution is -2.30. The molecule has 0 saturated heterocycles. The average molecular weight is 287 g/mol. The summed E-state index contributed by atoms with van der Waals surface area (Å²) in [5.74, 6) is -0.499. The van der Waals surface area contributed by atoms with E-state index in [1.165, 1.54) is 18.2 Å². The summed E-state index contributed by atoms with van der Waals surface area (Å²) >= 11 is 0. The Morgan fingerprint density at radius 3 is 2.70 bits per heavy atom. The molecule has 0 radical (unpaired) electrons. The lowest BCUT2D eigenvalue weighted by molar-refractivity contribution is -0.286. The van der Waals surface area contributed by atoms with E-state index in [1.54, 1.807) is 6.92 Å². The molecule has 1 aliphatic heterocycles. The lowest BCUT2D eigenvalue weighted by Gasteiger charge is -2.16. The Hall–Kier alpha value is -2.05. The average Bonchev–Trinajstić information content (AvgIpc) is 2.69. The maximum atomic E-state index is 12.9. The van der Waals surface area contributed by atoms with Crippen LogP contribution in [0.25, 0.3) is 0 Å². The molecule has 5 nitrogen and oxygen atoms in total. The molecule has 1 heterocycles. The highest BCUT2D eigenvalue weighted by atomic mass is 19.3. The van der Waals surface area contributed by atoms with E-state index in [-0.39, 0.29) is 18.1 Å². The summed E-state index contributed by atoms with van der Waals surface area (Å²) in [6.07, 6.45) is -3.14. The van der Waals surface area contributed by atoms with Crippen LogP contribution in [0.2, 0.25) is 0 Å². The first-order valence-corrected chi connectivity index (χ1v) is 6.28. The van der Waals surface area contributed by atoms with Gasteiger partial charge in [0.2, 0.25) is 0 Å². The molecule has 0 saturated carbocycles. The Kier molecular flexibility index (Phi) is 3.96. The molecule has 1 unspecified atom stereocenters. The van der Waals surface area contributed by atoms with Crippen LogP contribution in [0.15, 0.2) is 18.2 Å². The number of carbonyl (C=O) groups is 1. The Bertz CT molecular complexity index is 507. The van der Waals surface area contributed by atoms with E-state index in [4.69, 9.17) is 4.74 Å². The predicted octanol–water partition coefficient (Wildman–Crippen LogP) is 2.76. The summed E-state index contributed by atoms with van der Waals surface area (Å²) in [6, 6.07) is 3.70. The molecule has 7 heteroatoms. The van der Waals surface area contributed by atoms with Gasteiger partial charge in [0.05, 0.1) is 6.61 Å². The normalized spacial score (nSPS) is 16.6. The van der Waals surface area contributed by atoms with E-state index in [0.717, 1.165) is 0 Å². The molecule has 1 aromatic carbocycles. The van der Waals surface area contributed by atoms with Gasteiger partial charge in [0.15, 0.2) is 11.5 Å². The second-order valence-electron chi connectivity index (χ2n) is 4.19. The highest BCUT2D eigenvalue weighted by molar-refractivity contribution is 5.79. The van der Waals surface area contributed by atoms with Crippen molar-refractivity contribution in [2.24, 2.45) is 0 Å². The molecule has 0 fully saturated rings. The first kappa shape index (κ1) is 14.4. The molecule has 1 atom stereocenters. The first-order valence-electron chi connectivity index (χ1n) is 6.28. The van der Waals surface area contributed by atoms with Gasteiger partial charge in [0, 0.05) is 11.8 Å². The van der Waals surface area contributed by atoms with Crippen molar-refractivity contribution in [3.8, 4) is 11.5 Å². The second-order valence-corrected chi connectivity index (χ2v) is 4.19. The van der Waals surface area contributed by atoms with Crippen molar-refractivity contribution in [3.05, 3.63) is 18.2 Å². The van der Waals surface area contributed by atoms with Crippen LogP contribution < -0.4 is 14.8 Å². The number of benzene rings is 1. The number of esters is 1. The summed E-state index contributed by atoms with van der Waals surface area (Å²) in [6.45, 7) is 3.81. The molecule has 0 spiro atoms. The van der Waals surface area contributed by atoms with Crippen LogP contribution in [0.3, 0.4) is 0 Å². The maximum Gasteiger partial charge on any atom is 0.586 e. The van der Waals surface area contributed by atoms with E-state index in [1.807, 2.05) is 6.92 Å². The Balaban J connectivity index is 2.09. The highest BCUT2D eigenvalue weighted by Gasteiger charge is 2.43. The van der Waals surface area contributed by atoms with Gasteiger partial charge in [-0.05, 0) is 25.5 Å². The molecular formula is C13H15F2NO4. The van der Waals surface area contributed by atoms with Crippen LogP contribution in [0.4, 0.5) is 14.5 Å². The van der Waals surface area contributed by atoms with Gasteiger partial charge in [-0.3, -0.25) is 0 Å². The molecular weight excluding hydrogens is 272 g/mol. The van der Waals surface area contributed by atoms with Gasteiger partial charge >= 0.3 is 12.3 Å². The SMILES string of the molecule is CCOC(=O)C(CC)Nc1ccc2c(c1)OC(F)(F)O2. The summed E-state index contributed by atoms with van der Waals surface area (Å²) in [4.78, 5) is 11.7. The van der Waals surface area contributed by atoms with Crippen LogP contribution in [0, 0.1) is 0 Å². The number of halogens is 2. The zero-order valence-corrected chi connectivity index (χ0v) is 11.1. The maximum absolute atomic E-state index is 12.9. The van der Waals surface area contributed by atoms with Crippen LogP contribution in [-0.4, -0.2) is 24.9 Å². The fourth-order valence-corrected chi connectivity index (χ4v) is 1.81. The van der Waals surface area contributed by atoms with E-state index in [0.29, 0.717) is 12.1 Å². The number of hydrogen-bond acceptors (Lipinski definition) is 5. The van der Waals surface area contributed by atoms with Gasteiger partial charge in [-0.25, -0.2) is 4.79 Å². The molecule has 0 aromatic heterocycles. The van der Waals surface area contributed by atoms with E-state index in [2.05, 4.69) is 14.8 Å². The smallest absolute Gasteiger partial charge is 0.464 e. The highest BCUT2D eigenvalue weighted by Crippen LogP contribution is 2.42. The van der Waals surface area contributed by atoms with Gasteiger partial charge in [0.1, 0.15) is 6.04 Å². The van der Waals surface area contributed by atoms with E-state index < -0.39 is 18.3 Å². The Labute approximate surface area is 114 Å². The van der Waals surface area contributed by atoms with Crippen molar-refractivity contribution < 1.29 is 27.8 Å². The zero-order valence-electron chi connectivity index (χ0n) is 11.1. The summed E-state index contributed by atoms with van der Waals surface area (Å²) in [5.41, 5.74) is 0.477. The van der Waals surface area contributed by atoms with Crippen molar-refractivity contribution in [2.75, 3.05) is 11.9 Å². The van der Waals surface area contributed by atoms with Gasteiger partial charge in [-0.2, -0.15) is 0 Å². The standard InChI is InChI=1S/C13H15F2NO4/c1-3-9(12(17)18-4-2)16-8-5-6-10-11(7-8)20-13(14,15)19-10/h5-7,9,16H,3-4H2,1-2H3. The van der Waals surface area contributed by atoms with Crippen molar-refractivity contribution >= 4 is 11.7 Å². The number of carbonyl (C=O) groups excluding carboxylic acids is 1. The molecule has 1 aromatic rings. The summed E-state index contributed by atoms with van der Waals surface area (Å²) in [5, 5.41) is 2.92. The van der Waals surface area contributed by atoms with E-state index in [9.17, 15) is 13.6 Å². The van der Waals surface area contributed by atoms with Crippen LogP contribution >= 0.6 is 0 Å². The van der Waals surface area contributed by atoms with Crippen molar-refractivity contribution in [2.45, 2.75) is 32.6 Å². The second kappa shape index (κ2) is 5.52. The number of fused-ring (bicyclic) bond motifs is 1. The Morgan fingerprint density at radius 2 is 2.05 bits per heavy atom. The molecule has 1 N–H and O–H groups in total. The number of alkyl halides is 2. The van der Waals surface area contributed by atoms with Crippen molar-refractivity contribution in [1.29, 1.82) is 0 Å². The minimum absolute atomic E-state index is 0.0373. The molecule has 2 rings (SSSR count). The van der Waals surface area contributed by atoms with Crippen molar-refractivity contribution in [1.82, 2.24) is 0 Å². The van der Waals surface area contributed by atoms with E-state index >= 15 is 0 Å². The molecule has 20 heavy (non-hydrogen) atoms. The van der Waals surface area contributed by atoms with Crippen LogP contribution in [0.1, 0.15) is 20.3 Å². The largest absolute Gasteiger partial charge is 0.586 e. The van der Waals surface area contributed by atoms with Gasteiger partial charge < -0.3 is 19.5 Å². The fourth-order valence-electron chi connectivity index (χ4n) is 1.81. The molecule has 0 amide bonds. The molecule has 110 valence electrons. The third-order valence-corrected chi connectivity index (χ3v) is 2.72. The minimum atomic E-state index is -3.65. The molecule has 1 aliphatic rings. The lowest BCUT2D eigenvalue weighted by atomic mass is 10.2. The van der Waals surface area contributed by atoms with Crippen molar-refractivity contribution in [3.63, 3.8) is 0 Å². The third-order valence-electron chi connectivity index (χ3n) is 2.72. The number of rotatable bonds is 5. The number of anilines is 1.